The predicted octanol–water partition coefficient (Wildman–Crippen LogP) is 6.87. The van der Waals surface area contributed by atoms with Gasteiger partial charge < -0.3 is 34.3 Å². The largest absolute Gasteiger partial charge is 0.489 e. The van der Waals surface area contributed by atoms with Crippen molar-refractivity contribution in [3.63, 3.8) is 0 Å². The second kappa shape index (κ2) is 13.7. The second-order valence-corrected chi connectivity index (χ2v) is 10.8. The topological polar surface area (TPSA) is 103 Å². The number of nitrogens with zero attached hydrogens (tertiary/aromatic N) is 2. The maximum Gasteiger partial charge on any atom is 0.416 e. The number of amides is 2. The minimum absolute atomic E-state index is 0.0629. The van der Waals surface area contributed by atoms with Crippen molar-refractivity contribution in [3.05, 3.63) is 71.9 Å². The van der Waals surface area contributed by atoms with Crippen LogP contribution in [0.4, 0.5) is 29.3 Å². The van der Waals surface area contributed by atoms with Gasteiger partial charge in [0, 0.05) is 43.3 Å². The number of morpholine rings is 1. The van der Waals surface area contributed by atoms with E-state index in [1.807, 2.05) is 6.07 Å². The first-order valence-electron chi connectivity index (χ1n) is 14.9. The fourth-order valence-corrected chi connectivity index (χ4v) is 5.21. The number of urea groups is 1. The highest BCUT2D eigenvalue weighted by atomic mass is 19.4. The summed E-state index contributed by atoms with van der Waals surface area (Å²) in [4.78, 5) is 19.4. The molecule has 0 bridgehead atoms. The Labute approximate surface area is 263 Å². The van der Waals surface area contributed by atoms with E-state index >= 15 is 0 Å². The molecule has 1 aromatic heterocycles. The molecule has 0 unspecified atom stereocenters. The molecule has 3 aromatic carbocycles. The van der Waals surface area contributed by atoms with Crippen LogP contribution in [0.2, 0.25) is 0 Å². The summed E-state index contributed by atoms with van der Waals surface area (Å²) in [6, 6.07) is 12.6. The minimum Gasteiger partial charge on any atom is -0.489 e. The van der Waals surface area contributed by atoms with Gasteiger partial charge in [0.15, 0.2) is 11.5 Å². The summed E-state index contributed by atoms with van der Waals surface area (Å²) in [5.74, 6) is 2.52. The molecule has 0 atom stereocenters. The smallest absolute Gasteiger partial charge is 0.416 e. The molecule has 1 saturated heterocycles. The number of ether oxygens (including phenoxy) is 5. The lowest BCUT2D eigenvalue weighted by atomic mass is 10.1. The van der Waals surface area contributed by atoms with E-state index in [1.165, 1.54) is 6.07 Å². The Morgan fingerprint density at radius 2 is 1.70 bits per heavy atom. The Morgan fingerprint density at radius 3 is 2.46 bits per heavy atom. The molecule has 13 heteroatoms. The molecule has 4 aromatic rings. The van der Waals surface area contributed by atoms with Crippen LogP contribution in [-0.2, 0) is 10.9 Å². The molecule has 0 spiro atoms. The number of hydrogen-bond donors (Lipinski definition) is 2. The van der Waals surface area contributed by atoms with Crippen molar-refractivity contribution < 1.29 is 41.7 Å². The molecular formula is C33H33F3N4O6. The lowest BCUT2D eigenvalue weighted by Gasteiger charge is -2.26. The number of aryl methyl sites for hydroxylation is 1. The Morgan fingerprint density at radius 1 is 0.935 bits per heavy atom. The monoisotopic (exact) mass is 638 g/mol. The Kier molecular flexibility index (Phi) is 9.31. The molecule has 46 heavy (non-hydrogen) atoms. The van der Waals surface area contributed by atoms with Gasteiger partial charge in [-0.25, -0.2) is 4.79 Å². The first-order valence-corrected chi connectivity index (χ1v) is 14.9. The van der Waals surface area contributed by atoms with Gasteiger partial charge in [-0.15, -0.1) is 0 Å². The summed E-state index contributed by atoms with van der Waals surface area (Å²) in [6.07, 6.45) is -2.04. The van der Waals surface area contributed by atoms with Crippen molar-refractivity contribution in [2.75, 3.05) is 63.3 Å². The van der Waals surface area contributed by atoms with Crippen LogP contribution in [0.15, 0.2) is 60.8 Å². The van der Waals surface area contributed by atoms with Crippen LogP contribution in [0, 0.1) is 6.92 Å². The van der Waals surface area contributed by atoms with E-state index in [2.05, 4.69) is 20.5 Å². The van der Waals surface area contributed by atoms with Gasteiger partial charge in [-0.05, 0) is 61.4 Å². The lowest BCUT2D eigenvalue weighted by molar-refractivity contribution is -0.137. The molecule has 2 amide bonds. The van der Waals surface area contributed by atoms with Gasteiger partial charge in [-0.2, -0.15) is 13.2 Å². The number of benzene rings is 3. The summed E-state index contributed by atoms with van der Waals surface area (Å²) in [5.41, 5.74) is 0.742. The number of aromatic nitrogens is 1. The van der Waals surface area contributed by atoms with Crippen LogP contribution in [0.1, 0.15) is 17.5 Å². The quantitative estimate of drug-likeness (QED) is 0.192. The standard InChI is InChI=1S/C33H33F3N4O6/c1-21-3-4-22(33(34,35)36)19-25(21)39-32(41)38-23-5-7-24(8-6-23)46-27-9-10-37-26-20-28(30-31(29(26)27)45-18-17-44-30)43-14-2-11-40-12-15-42-16-13-40/h3-10,19-20H,2,11-18H2,1H3,(H2,38,39,41). The zero-order chi connectivity index (χ0) is 32.1. The Hall–Kier alpha value is -4.75. The highest BCUT2D eigenvalue weighted by molar-refractivity contribution is 6.00. The van der Waals surface area contributed by atoms with Crippen molar-refractivity contribution in [2.45, 2.75) is 19.5 Å². The summed E-state index contributed by atoms with van der Waals surface area (Å²) in [7, 11) is 0. The molecule has 0 radical (unpaired) electrons. The molecular weight excluding hydrogens is 605 g/mol. The van der Waals surface area contributed by atoms with Gasteiger partial charge in [0.25, 0.3) is 0 Å². The van der Waals surface area contributed by atoms with Gasteiger partial charge in [-0.1, -0.05) is 6.07 Å². The van der Waals surface area contributed by atoms with E-state index in [0.29, 0.717) is 70.7 Å². The lowest BCUT2D eigenvalue weighted by Crippen LogP contribution is -2.37. The molecule has 2 aliphatic heterocycles. The number of nitrogens with one attached hydrogen (secondary N) is 2. The van der Waals surface area contributed by atoms with E-state index in [-0.39, 0.29) is 5.69 Å². The van der Waals surface area contributed by atoms with Gasteiger partial charge in [0.1, 0.15) is 24.7 Å². The number of hydrogen-bond acceptors (Lipinski definition) is 8. The number of fused-ring (bicyclic) bond motifs is 3. The summed E-state index contributed by atoms with van der Waals surface area (Å²) in [6.45, 7) is 7.14. The summed E-state index contributed by atoms with van der Waals surface area (Å²) >= 11 is 0. The van der Waals surface area contributed by atoms with Crippen molar-refractivity contribution in [2.24, 2.45) is 0 Å². The summed E-state index contributed by atoms with van der Waals surface area (Å²) in [5, 5.41) is 5.74. The van der Waals surface area contributed by atoms with Gasteiger partial charge in [-0.3, -0.25) is 9.88 Å². The molecule has 1 fully saturated rings. The van der Waals surface area contributed by atoms with Crippen LogP contribution in [0.3, 0.4) is 0 Å². The zero-order valence-electron chi connectivity index (χ0n) is 25.1. The summed E-state index contributed by atoms with van der Waals surface area (Å²) < 4.78 is 69.1. The fraction of sp³-hybridized carbons (Fsp3) is 0.333. The molecule has 0 aliphatic carbocycles. The van der Waals surface area contributed by atoms with Crippen LogP contribution in [0.25, 0.3) is 10.9 Å². The number of rotatable bonds is 9. The van der Waals surface area contributed by atoms with Crippen molar-refractivity contribution in [1.82, 2.24) is 9.88 Å². The molecule has 242 valence electrons. The van der Waals surface area contributed by atoms with E-state index in [9.17, 15) is 18.0 Å². The van der Waals surface area contributed by atoms with Crippen molar-refractivity contribution in [3.8, 4) is 28.7 Å². The van der Waals surface area contributed by atoms with E-state index < -0.39 is 17.8 Å². The number of halogens is 3. The number of alkyl halides is 3. The Balaban J connectivity index is 1.13. The average Bonchev–Trinajstić information content (AvgIpc) is 3.05. The highest BCUT2D eigenvalue weighted by Gasteiger charge is 2.31. The predicted molar refractivity (Wildman–Crippen MR) is 165 cm³/mol. The SMILES string of the molecule is Cc1ccc(C(F)(F)F)cc1NC(=O)Nc1ccc(Oc2ccnc3cc(OCCCN4CCOCC4)c4c(c23)OCCO4)cc1. The molecule has 6 rings (SSSR count). The van der Waals surface area contributed by atoms with Gasteiger partial charge >= 0.3 is 12.2 Å². The number of carbonyl (C=O) groups excluding carboxylic acids is 1. The third-order valence-electron chi connectivity index (χ3n) is 7.58. The number of anilines is 2. The first kappa shape index (κ1) is 31.2. The van der Waals surface area contributed by atoms with Crippen LogP contribution in [0.5, 0.6) is 28.7 Å². The normalized spacial score (nSPS) is 15.0. The number of carbonyl (C=O) groups is 1. The molecule has 2 aliphatic rings. The maximum absolute atomic E-state index is 13.1. The molecule has 2 N–H and O–H groups in total. The zero-order valence-corrected chi connectivity index (χ0v) is 25.1. The average molecular weight is 639 g/mol. The number of pyridine rings is 1. The molecule has 10 nitrogen and oxygen atoms in total. The highest BCUT2D eigenvalue weighted by Crippen LogP contribution is 2.48. The van der Waals surface area contributed by atoms with Gasteiger partial charge in [0.05, 0.1) is 36.3 Å². The van der Waals surface area contributed by atoms with Gasteiger partial charge in [0.2, 0.25) is 5.75 Å². The third-order valence-corrected chi connectivity index (χ3v) is 7.58. The van der Waals surface area contributed by atoms with E-state index in [4.69, 9.17) is 23.7 Å². The van der Waals surface area contributed by atoms with Crippen LogP contribution in [-0.4, -0.2) is 68.6 Å². The van der Waals surface area contributed by atoms with E-state index in [0.717, 1.165) is 51.4 Å². The minimum atomic E-state index is -4.52. The van der Waals surface area contributed by atoms with Crippen LogP contribution < -0.4 is 29.6 Å². The second-order valence-electron chi connectivity index (χ2n) is 10.8. The van der Waals surface area contributed by atoms with E-state index in [1.54, 1.807) is 43.5 Å². The Bertz CT molecular complexity index is 1690. The fourth-order valence-electron chi connectivity index (χ4n) is 5.21. The maximum atomic E-state index is 13.1. The third kappa shape index (κ3) is 7.37. The molecule has 0 saturated carbocycles. The van der Waals surface area contributed by atoms with Crippen molar-refractivity contribution in [1.29, 1.82) is 0 Å². The first-order chi connectivity index (χ1) is 22.2. The molecule has 3 heterocycles. The van der Waals surface area contributed by atoms with Crippen LogP contribution >= 0.6 is 0 Å². The van der Waals surface area contributed by atoms with Crippen molar-refractivity contribution >= 4 is 28.3 Å².